The number of methoxy groups -OCH3 is 2. The zero-order valence-corrected chi connectivity index (χ0v) is 11.5. The molecule has 2 N–H and O–H groups in total. The van der Waals surface area contributed by atoms with Crippen LogP contribution in [0.2, 0.25) is 0 Å². The van der Waals surface area contributed by atoms with E-state index in [0.29, 0.717) is 12.8 Å². The molecule has 0 unspecified atom stereocenters. The number of hydrogen-bond acceptors (Lipinski definition) is 3. The maximum absolute atomic E-state index is 10.7. The minimum atomic E-state index is -0.284. The third-order valence-electron chi connectivity index (χ3n) is 2.42. The van der Waals surface area contributed by atoms with Gasteiger partial charge in [-0.05, 0) is 46.5 Å². The first kappa shape index (κ1) is 13.8. The zero-order chi connectivity index (χ0) is 12.8. The summed E-state index contributed by atoms with van der Waals surface area (Å²) < 4.78 is 11.3. The molecule has 4 nitrogen and oxygen atoms in total. The molecule has 1 aromatic rings. The number of amides is 1. The lowest BCUT2D eigenvalue weighted by Gasteiger charge is -2.11. The lowest BCUT2D eigenvalue weighted by molar-refractivity contribution is -0.118. The Hall–Kier alpha value is -1.23. The fraction of sp³-hybridized carbons (Fsp3) is 0.417. The Morgan fingerprint density at radius 1 is 1.29 bits per heavy atom. The molecule has 5 heteroatoms. The molecule has 0 radical (unpaired) electrons. The molecule has 0 heterocycles. The smallest absolute Gasteiger partial charge is 0.217 e. The molecule has 0 aliphatic heterocycles. The van der Waals surface area contributed by atoms with Gasteiger partial charge in [-0.3, -0.25) is 4.79 Å². The van der Waals surface area contributed by atoms with Crippen LogP contribution in [-0.4, -0.2) is 20.1 Å². The van der Waals surface area contributed by atoms with E-state index in [1.807, 2.05) is 12.1 Å². The van der Waals surface area contributed by atoms with Gasteiger partial charge in [-0.25, -0.2) is 0 Å². The highest BCUT2D eigenvalue weighted by molar-refractivity contribution is 9.10. The number of halogens is 1. The van der Waals surface area contributed by atoms with Crippen molar-refractivity contribution in [2.45, 2.75) is 19.3 Å². The minimum Gasteiger partial charge on any atom is -0.496 e. The summed E-state index contributed by atoms with van der Waals surface area (Å²) in [7, 11) is 3.23. The monoisotopic (exact) mass is 301 g/mol. The van der Waals surface area contributed by atoms with Crippen LogP contribution in [-0.2, 0) is 11.2 Å². The maximum Gasteiger partial charge on any atom is 0.217 e. The molecule has 0 fully saturated rings. The van der Waals surface area contributed by atoms with E-state index < -0.39 is 0 Å². The van der Waals surface area contributed by atoms with Crippen molar-refractivity contribution in [1.82, 2.24) is 0 Å². The number of benzene rings is 1. The Labute approximate surface area is 109 Å². The van der Waals surface area contributed by atoms with Crippen molar-refractivity contribution in [2.24, 2.45) is 5.73 Å². The van der Waals surface area contributed by atoms with Gasteiger partial charge in [0, 0.05) is 6.42 Å². The van der Waals surface area contributed by atoms with E-state index in [9.17, 15) is 4.79 Å². The predicted octanol–water partition coefficient (Wildman–Crippen LogP) is 2.27. The topological polar surface area (TPSA) is 61.5 Å². The molecule has 1 aromatic carbocycles. The molecule has 0 bridgehead atoms. The Morgan fingerprint density at radius 2 is 1.94 bits per heavy atom. The number of primary amides is 1. The fourth-order valence-electron chi connectivity index (χ4n) is 1.57. The Bertz CT molecular complexity index is 407. The summed E-state index contributed by atoms with van der Waals surface area (Å²) in [4.78, 5) is 10.7. The minimum absolute atomic E-state index is 0.284. The van der Waals surface area contributed by atoms with Crippen LogP contribution < -0.4 is 15.2 Å². The third kappa shape index (κ3) is 3.93. The van der Waals surface area contributed by atoms with E-state index in [0.717, 1.165) is 28.0 Å². The molecule has 0 saturated carbocycles. The second-order valence-electron chi connectivity index (χ2n) is 3.62. The quantitative estimate of drug-likeness (QED) is 0.877. The molecule has 1 rings (SSSR count). The summed E-state index contributed by atoms with van der Waals surface area (Å²) in [5, 5.41) is 0. The molecule has 0 spiro atoms. The normalized spacial score (nSPS) is 10.1. The van der Waals surface area contributed by atoms with Gasteiger partial charge < -0.3 is 15.2 Å². The van der Waals surface area contributed by atoms with Crippen molar-refractivity contribution in [3.05, 3.63) is 22.2 Å². The summed E-state index contributed by atoms with van der Waals surface area (Å²) in [6, 6.07) is 3.77. The van der Waals surface area contributed by atoms with Crippen molar-refractivity contribution < 1.29 is 14.3 Å². The number of ether oxygens (including phenoxy) is 2. The predicted molar refractivity (Wildman–Crippen MR) is 69.4 cm³/mol. The van der Waals surface area contributed by atoms with E-state index in [-0.39, 0.29) is 5.91 Å². The van der Waals surface area contributed by atoms with Gasteiger partial charge in [0.2, 0.25) is 5.91 Å². The largest absolute Gasteiger partial charge is 0.496 e. The van der Waals surface area contributed by atoms with Crippen LogP contribution in [0.1, 0.15) is 18.4 Å². The standard InChI is InChI=1S/C12H16BrNO3/c1-16-10-7-9(13)11(17-2)6-8(10)4-3-5-12(14)15/h6-7H,3-5H2,1-2H3,(H2,14,15). The van der Waals surface area contributed by atoms with Crippen LogP contribution in [0.15, 0.2) is 16.6 Å². The summed E-state index contributed by atoms with van der Waals surface area (Å²) in [6.45, 7) is 0. The summed E-state index contributed by atoms with van der Waals surface area (Å²) in [5.41, 5.74) is 6.11. The van der Waals surface area contributed by atoms with Crippen LogP contribution in [0.3, 0.4) is 0 Å². The van der Waals surface area contributed by atoms with Crippen LogP contribution in [0.25, 0.3) is 0 Å². The first-order valence-corrected chi connectivity index (χ1v) is 6.06. The van der Waals surface area contributed by atoms with E-state index in [4.69, 9.17) is 15.2 Å². The van der Waals surface area contributed by atoms with E-state index >= 15 is 0 Å². The molecule has 1 amide bonds. The van der Waals surface area contributed by atoms with Gasteiger partial charge in [0.15, 0.2) is 0 Å². The van der Waals surface area contributed by atoms with Gasteiger partial charge in [-0.2, -0.15) is 0 Å². The van der Waals surface area contributed by atoms with Crippen molar-refractivity contribution in [3.8, 4) is 11.5 Å². The molecular weight excluding hydrogens is 286 g/mol. The number of aryl methyl sites for hydroxylation is 1. The van der Waals surface area contributed by atoms with E-state index in [1.165, 1.54) is 0 Å². The molecule has 94 valence electrons. The summed E-state index contributed by atoms with van der Waals surface area (Å²) >= 11 is 3.39. The van der Waals surface area contributed by atoms with Gasteiger partial charge in [0.05, 0.1) is 18.7 Å². The average molecular weight is 302 g/mol. The Kier molecular flexibility index (Phi) is 5.28. The van der Waals surface area contributed by atoms with Gasteiger partial charge in [0.25, 0.3) is 0 Å². The van der Waals surface area contributed by atoms with Crippen molar-refractivity contribution in [3.63, 3.8) is 0 Å². The maximum atomic E-state index is 10.7. The highest BCUT2D eigenvalue weighted by atomic mass is 79.9. The van der Waals surface area contributed by atoms with Gasteiger partial charge in [-0.15, -0.1) is 0 Å². The molecule has 0 atom stereocenters. The number of rotatable bonds is 6. The molecule has 0 aliphatic rings. The molecule has 0 saturated heterocycles. The van der Waals surface area contributed by atoms with Gasteiger partial charge in [-0.1, -0.05) is 0 Å². The molecular formula is C12H16BrNO3. The molecule has 17 heavy (non-hydrogen) atoms. The van der Waals surface area contributed by atoms with E-state index in [2.05, 4.69) is 15.9 Å². The fourth-order valence-corrected chi connectivity index (χ4v) is 2.06. The Morgan fingerprint density at radius 3 is 2.47 bits per heavy atom. The van der Waals surface area contributed by atoms with Crippen LogP contribution in [0.5, 0.6) is 11.5 Å². The number of hydrogen-bond donors (Lipinski definition) is 1. The highest BCUT2D eigenvalue weighted by Crippen LogP contribution is 2.33. The number of nitrogens with two attached hydrogens (primary N) is 1. The van der Waals surface area contributed by atoms with Gasteiger partial charge >= 0.3 is 0 Å². The van der Waals surface area contributed by atoms with Crippen molar-refractivity contribution in [1.29, 1.82) is 0 Å². The first-order chi connectivity index (χ1) is 8.08. The second-order valence-corrected chi connectivity index (χ2v) is 4.47. The van der Waals surface area contributed by atoms with Crippen molar-refractivity contribution >= 4 is 21.8 Å². The number of carbonyl (C=O) groups is 1. The second kappa shape index (κ2) is 6.49. The van der Waals surface area contributed by atoms with Crippen LogP contribution in [0.4, 0.5) is 0 Å². The lowest BCUT2D eigenvalue weighted by Crippen LogP contribution is -2.10. The summed E-state index contributed by atoms with van der Waals surface area (Å²) in [6.07, 6.45) is 1.81. The van der Waals surface area contributed by atoms with Gasteiger partial charge in [0.1, 0.15) is 11.5 Å². The van der Waals surface area contributed by atoms with Crippen LogP contribution >= 0.6 is 15.9 Å². The zero-order valence-electron chi connectivity index (χ0n) is 9.96. The third-order valence-corrected chi connectivity index (χ3v) is 3.04. The lowest BCUT2D eigenvalue weighted by atomic mass is 10.1. The Balaban J connectivity index is 2.84. The SMILES string of the molecule is COc1cc(CCCC(N)=O)c(OC)cc1Br. The first-order valence-electron chi connectivity index (χ1n) is 5.27. The number of carbonyl (C=O) groups excluding carboxylic acids is 1. The highest BCUT2D eigenvalue weighted by Gasteiger charge is 2.09. The summed E-state index contributed by atoms with van der Waals surface area (Å²) in [5.74, 6) is 1.25. The van der Waals surface area contributed by atoms with E-state index in [1.54, 1.807) is 14.2 Å². The average Bonchev–Trinajstić information content (AvgIpc) is 2.30. The molecule has 0 aliphatic carbocycles. The molecule has 0 aromatic heterocycles. The van der Waals surface area contributed by atoms with Crippen LogP contribution in [0, 0.1) is 0 Å². The van der Waals surface area contributed by atoms with Crippen molar-refractivity contribution in [2.75, 3.05) is 14.2 Å².